The van der Waals surface area contributed by atoms with E-state index in [2.05, 4.69) is 21.3 Å². The zero-order valence-corrected chi connectivity index (χ0v) is 19.1. The van der Waals surface area contributed by atoms with Crippen LogP contribution in [0.3, 0.4) is 0 Å². The first-order valence-electron chi connectivity index (χ1n) is 11.8. The minimum absolute atomic E-state index is 0.148. The molecule has 0 amide bonds. The normalized spacial score (nSPS) is 14.1. The van der Waals surface area contributed by atoms with Crippen LogP contribution in [0, 0.1) is 5.82 Å². The van der Waals surface area contributed by atoms with Gasteiger partial charge in [-0.1, -0.05) is 24.3 Å². The number of ether oxygens (including phenoxy) is 1. The van der Waals surface area contributed by atoms with E-state index in [1.54, 1.807) is 0 Å². The Morgan fingerprint density at radius 1 is 1.03 bits per heavy atom. The average Bonchev–Trinajstić information content (AvgIpc) is 2.84. The molecule has 2 aromatic carbocycles. The van der Waals surface area contributed by atoms with E-state index in [9.17, 15) is 9.50 Å². The van der Waals surface area contributed by atoms with Crippen molar-refractivity contribution in [3.8, 4) is 0 Å². The van der Waals surface area contributed by atoms with Crippen LogP contribution in [0.2, 0.25) is 0 Å². The van der Waals surface area contributed by atoms with Gasteiger partial charge in [-0.15, -0.1) is 0 Å². The summed E-state index contributed by atoms with van der Waals surface area (Å²) in [6, 6.07) is 14.9. The predicted octanol–water partition coefficient (Wildman–Crippen LogP) is 4.19. The van der Waals surface area contributed by atoms with Crippen molar-refractivity contribution >= 4 is 27.5 Å². The number of para-hydroxylation sites is 1. The molecule has 1 aliphatic heterocycles. The van der Waals surface area contributed by atoms with Gasteiger partial charge in [0.15, 0.2) is 0 Å². The largest absolute Gasteiger partial charge is 0.392 e. The van der Waals surface area contributed by atoms with Crippen molar-refractivity contribution in [2.24, 2.45) is 0 Å². The van der Waals surface area contributed by atoms with Gasteiger partial charge in [-0.25, -0.2) is 9.37 Å². The van der Waals surface area contributed by atoms with E-state index in [1.165, 1.54) is 12.1 Å². The second-order valence-electron chi connectivity index (χ2n) is 8.78. The molecule has 5 rings (SSSR count). The Morgan fingerprint density at radius 3 is 2.76 bits per heavy atom. The SMILES string of the molecule is OCc1cc(F)cc(CNCCCCOC2CN(c3nc4ccccc4c4cnccc34)C2)c1. The van der Waals surface area contributed by atoms with Crippen molar-refractivity contribution in [2.75, 3.05) is 31.1 Å². The van der Waals surface area contributed by atoms with Crippen molar-refractivity contribution in [1.82, 2.24) is 15.3 Å². The smallest absolute Gasteiger partial charge is 0.137 e. The first-order chi connectivity index (χ1) is 16.7. The fourth-order valence-corrected chi connectivity index (χ4v) is 4.48. The molecule has 0 bridgehead atoms. The molecule has 0 unspecified atom stereocenters. The Balaban J connectivity index is 1.05. The molecule has 0 aliphatic carbocycles. The number of hydrogen-bond donors (Lipinski definition) is 2. The van der Waals surface area contributed by atoms with Gasteiger partial charge in [0.1, 0.15) is 11.6 Å². The number of halogens is 1. The van der Waals surface area contributed by atoms with Gasteiger partial charge in [0.05, 0.1) is 18.2 Å². The summed E-state index contributed by atoms with van der Waals surface area (Å²) in [6.45, 7) is 3.69. The van der Waals surface area contributed by atoms with E-state index >= 15 is 0 Å². The van der Waals surface area contributed by atoms with Gasteiger partial charge in [-0.05, 0) is 54.8 Å². The number of rotatable bonds is 10. The fourth-order valence-electron chi connectivity index (χ4n) is 4.48. The van der Waals surface area contributed by atoms with Gasteiger partial charge in [-0.2, -0.15) is 0 Å². The number of hydrogen-bond acceptors (Lipinski definition) is 6. The molecule has 0 radical (unpaired) electrons. The molecule has 0 spiro atoms. The van der Waals surface area contributed by atoms with E-state index in [4.69, 9.17) is 9.72 Å². The highest BCUT2D eigenvalue weighted by Crippen LogP contribution is 2.33. The van der Waals surface area contributed by atoms with E-state index in [1.807, 2.05) is 42.7 Å². The standard InChI is InChI=1S/C27H29FN4O2/c28-21-12-19(11-20(13-21)18-33)14-29-8-3-4-10-34-22-16-32(17-22)27-24-7-9-30-15-25(24)23-5-1-2-6-26(23)31-27/h1-2,5-7,9,11-13,15,22,29,33H,3-4,8,10,14,16-18H2. The van der Waals surface area contributed by atoms with Gasteiger partial charge in [-0.3, -0.25) is 4.98 Å². The van der Waals surface area contributed by atoms with Gasteiger partial charge in [0.25, 0.3) is 0 Å². The molecular formula is C27H29FN4O2. The Labute approximate surface area is 198 Å². The highest BCUT2D eigenvalue weighted by atomic mass is 19.1. The zero-order chi connectivity index (χ0) is 23.3. The molecular weight excluding hydrogens is 431 g/mol. The molecule has 0 saturated carbocycles. The summed E-state index contributed by atoms with van der Waals surface area (Å²) in [5.41, 5.74) is 2.43. The average molecular weight is 461 g/mol. The van der Waals surface area contributed by atoms with Crippen LogP contribution in [0.4, 0.5) is 10.2 Å². The number of aliphatic hydroxyl groups is 1. The lowest BCUT2D eigenvalue weighted by molar-refractivity contribution is 0.0321. The summed E-state index contributed by atoms with van der Waals surface area (Å²) in [7, 11) is 0. The summed E-state index contributed by atoms with van der Waals surface area (Å²) in [6.07, 6.45) is 5.93. The zero-order valence-electron chi connectivity index (χ0n) is 19.1. The summed E-state index contributed by atoms with van der Waals surface area (Å²) >= 11 is 0. The van der Waals surface area contributed by atoms with Gasteiger partial charge < -0.3 is 20.1 Å². The monoisotopic (exact) mass is 460 g/mol. The Morgan fingerprint density at radius 2 is 1.88 bits per heavy atom. The number of nitrogens with one attached hydrogen (secondary N) is 1. The van der Waals surface area contributed by atoms with Crippen LogP contribution in [0.15, 0.2) is 60.9 Å². The summed E-state index contributed by atoms with van der Waals surface area (Å²) in [5, 5.41) is 15.9. The number of aromatic nitrogens is 2. The number of nitrogens with zero attached hydrogens (tertiary/aromatic N) is 3. The van der Waals surface area contributed by atoms with Crippen LogP contribution < -0.4 is 10.2 Å². The summed E-state index contributed by atoms with van der Waals surface area (Å²) in [5.74, 6) is 0.691. The molecule has 2 aromatic heterocycles. The number of unbranched alkanes of at least 4 members (excludes halogenated alkanes) is 1. The van der Waals surface area contributed by atoms with Gasteiger partial charge in [0, 0.05) is 54.8 Å². The lowest BCUT2D eigenvalue weighted by atomic mass is 10.1. The van der Waals surface area contributed by atoms with Gasteiger partial charge >= 0.3 is 0 Å². The fraction of sp³-hybridized carbons (Fsp3) is 0.333. The van der Waals surface area contributed by atoms with Crippen LogP contribution in [-0.4, -0.2) is 47.4 Å². The first-order valence-corrected chi connectivity index (χ1v) is 11.8. The maximum absolute atomic E-state index is 13.5. The molecule has 34 heavy (non-hydrogen) atoms. The molecule has 2 N–H and O–H groups in total. The van der Waals surface area contributed by atoms with Crippen LogP contribution in [0.5, 0.6) is 0 Å². The molecule has 1 aliphatic rings. The molecule has 1 fully saturated rings. The van der Waals surface area contributed by atoms with E-state index in [-0.39, 0.29) is 18.5 Å². The third-order valence-corrected chi connectivity index (χ3v) is 6.26. The van der Waals surface area contributed by atoms with Crippen molar-refractivity contribution in [3.05, 3.63) is 77.9 Å². The number of aliphatic hydroxyl groups excluding tert-OH is 1. The van der Waals surface area contributed by atoms with Crippen molar-refractivity contribution in [1.29, 1.82) is 0 Å². The quantitative estimate of drug-likeness (QED) is 0.273. The van der Waals surface area contributed by atoms with E-state index in [0.29, 0.717) is 12.1 Å². The Hall–Kier alpha value is -3.13. The van der Waals surface area contributed by atoms with Crippen LogP contribution in [0.1, 0.15) is 24.0 Å². The second-order valence-corrected chi connectivity index (χ2v) is 8.78. The van der Waals surface area contributed by atoms with Gasteiger partial charge in [0.2, 0.25) is 0 Å². The molecule has 3 heterocycles. The Kier molecular flexibility index (Phi) is 6.94. The summed E-state index contributed by atoms with van der Waals surface area (Å²) < 4.78 is 19.6. The first kappa shape index (κ1) is 22.7. The molecule has 4 aromatic rings. The highest BCUT2D eigenvalue weighted by Gasteiger charge is 2.29. The maximum atomic E-state index is 13.5. The van der Waals surface area contributed by atoms with E-state index < -0.39 is 0 Å². The second kappa shape index (κ2) is 10.4. The maximum Gasteiger partial charge on any atom is 0.137 e. The number of anilines is 1. The van der Waals surface area contributed by atoms with Crippen LogP contribution >= 0.6 is 0 Å². The number of benzene rings is 2. The molecule has 1 saturated heterocycles. The highest BCUT2D eigenvalue weighted by molar-refractivity contribution is 6.09. The number of pyridine rings is 2. The number of fused-ring (bicyclic) bond motifs is 3. The summed E-state index contributed by atoms with van der Waals surface area (Å²) in [4.78, 5) is 11.5. The molecule has 6 nitrogen and oxygen atoms in total. The molecule has 7 heteroatoms. The predicted molar refractivity (Wildman–Crippen MR) is 132 cm³/mol. The minimum atomic E-state index is -0.310. The lowest BCUT2D eigenvalue weighted by Crippen LogP contribution is -2.52. The minimum Gasteiger partial charge on any atom is -0.392 e. The Bertz CT molecular complexity index is 1280. The van der Waals surface area contributed by atoms with E-state index in [0.717, 1.165) is 72.1 Å². The third-order valence-electron chi connectivity index (χ3n) is 6.26. The topological polar surface area (TPSA) is 70.5 Å². The van der Waals surface area contributed by atoms with Crippen molar-refractivity contribution in [2.45, 2.75) is 32.1 Å². The van der Waals surface area contributed by atoms with Crippen LogP contribution in [0.25, 0.3) is 21.7 Å². The van der Waals surface area contributed by atoms with Crippen molar-refractivity contribution < 1.29 is 14.2 Å². The third kappa shape index (κ3) is 5.01. The molecule has 0 atom stereocenters. The molecule has 176 valence electrons. The van der Waals surface area contributed by atoms with Crippen LogP contribution in [-0.2, 0) is 17.9 Å². The van der Waals surface area contributed by atoms with Crippen molar-refractivity contribution in [3.63, 3.8) is 0 Å². The lowest BCUT2D eigenvalue weighted by Gasteiger charge is -2.40.